The first kappa shape index (κ1) is 20.1. The number of alkyl carbamates (subject to hydrolysis) is 1. The van der Waals surface area contributed by atoms with E-state index >= 15 is 0 Å². The van der Waals surface area contributed by atoms with E-state index in [1.165, 1.54) is 0 Å². The van der Waals surface area contributed by atoms with E-state index in [9.17, 15) is 14.7 Å². The minimum Gasteiger partial charge on any atom is -0.480 e. The standard InChI is InChI=1S/C17H25ClN2O4/c1-11(18)20(5)13-8-6-12(7-9-13)10-14(15(21)22)19-16(23)24-17(2,3)4/h6-9,11,14H,10H2,1-5H3,(H,19,23)(H,21,22). The summed E-state index contributed by atoms with van der Waals surface area (Å²) in [6, 6.07) is 6.30. The highest BCUT2D eigenvalue weighted by molar-refractivity contribution is 6.21. The third-order valence-corrected chi connectivity index (χ3v) is 3.60. The Balaban J connectivity index is 2.75. The van der Waals surface area contributed by atoms with Crippen LogP contribution in [0.5, 0.6) is 0 Å². The number of carbonyl (C=O) groups is 2. The first-order valence-corrected chi connectivity index (χ1v) is 8.11. The van der Waals surface area contributed by atoms with Gasteiger partial charge in [0.1, 0.15) is 17.1 Å². The second kappa shape index (κ2) is 8.24. The van der Waals surface area contributed by atoms with Gasteiger partial charge in [-0.2, -0.15) is 0 Å². The SMILES string of the molecule is CC(Cl)N(C)c1ccc(CC(NC(=O)OC(C)(C)C)C(=O)O)cc1. The normalized spacial score (nSPS) is 13.8. The third-order valence-electron chi connectivity index (χ3n) is 3.31. The molecule has 0 fully saturated rings. The maximum Gasteiger partial charge on any atom is 0.408 e. The van der Waals surface area contributed by atoms with Crippen molar-refractivity contribution in [2.75, 3.05) is 11.9 Å². The molecule has 0 aliphatic carbocycles. The number of aliphatic carboxylic acids is 1. The number of benzene rings is 1. The van der Waals surface area contributed by atoms with Gasteiger partial charge in [-0.25, -0.2) is 9.59 Å². The number of hydrogen-bond donors (Lipinski definition) is 2. The molecule has 0 aliphatic heterocycles. The summed E-state index contributed by atoms with van der Waals surface area (Å²) in [4.78, 5) is 25.0. The number of carboxylic acid groups (broad SMARTS) is 1. The fourth-order valence-corrected chi connectivity index (χ4v) is 2.07. The molecule has 1 amide bonds. The molecule has 1 rings (SSSR count). The topological polar surface area (TPSA) is 78.9 Å². The van der Waals surface area contributed by atoms with Gasteiger partial charge in [-0.05, 0) is 45.4 Å². The predicted octanol–water partition coefficient (Wildman–Crippen LogP) is 3.23. The van der Waals surface area contributed by atoms with Crippen molar-refractivity contribution in [2.24, 2.45) is 0 Å². The van der Waals surface area contributed by atoms with Crippen LogP contribution in [-0.4, -0.2) is 41.4 Å². The number of alkyl halides is 1. The Hall–Kier alpha value is -1.95. The van der Waals surface area contributed by atoms with Crippen LogP contribution < -0.4 is 10.2 Å². The second-order valence-electron chi connectivity index (χ2n) is 6.59. The summed E-state index contributed by atoms with van der Waals surface area (Å²) >= 11 is 6.03. The Kier molecular flexibility index (Phi) is 6.90. The van der Waals surface area contributed by atoms with E-state index in [1.54, 1.807) is 20.8 Å². The van der Waals surface area contributed by atoms with Crippen molar-refractivity contribution in [1.29, 1.82) is 0 Å². The maximum atomic E-state index is 11.8. The van der Waals surface area contributed by atoms with Gasteiger partial charge in [0.2, 0.25) is 0 Å². The molecule has 0 bridgehead atoms. The number of carboxylic acids is 1. The lowest BCUT2D eigenvalue weighted by Crippen LogP contribution is -2.44. The Morgan fingerprint density at radius 1 is 1.29 bits per heavy atom. The molecule has 0 spiro atoms. The highest BCUT2D eigenvalue weighted by Gasteiger charge is 2.24. The van der Waals surface area contributed by atoms with Crippen molar-refractivity contribution in [3.8, 4) is 0 Å². The van der Waals surface area contributed by atoms with Crippen LogP contribution in [0.1, 0.15) is 33.3 Å². The van der Waals surface area contributed by atoms with E-state index in [4.69, 9.17) is 16.3 Å². The molecule has 2 atom stereocenters. The smallest absolute Gasteiger partial charge is 0.408 e. The van der Waals surface area contributed by atoms with Crippen LogP contribution in [0.15, 0.2) is 24.3 Å². The molecule has 0 saturated heterocycles. The summed E-state index contributed by atoms with van der Waals surface area (Å²) in [5, 5.41) is 11.7. The molecule has 0 aromatic heterocycles. The van der Waals surface area contributed by atoms with Crippen molar-refractivity contribution in [1.82, 2.24) is 5.32 Å². The molecular weight excluding hydrogens is 332 g/mol. The lowest BCUT2D eigenvalue weighted by Gasteiger charge is -2.23. The van der Waals surface area contributed by atoms with Gasteiger partial charge in [-0.15, -0.1) is 0 Å². The summed E-state index contributed by atoms with van der Waals surface area (Å²) in [6.45, 7) is 7.01. The number of hydrogen-bond acceptors (Lipinski definition) is 4. The van der Waals surface area contributed by atoms with E-state index in [-0.39, 0.29) is 11.9 Å². The lowest BCUT2D eigenvalue weighted by molar-refractivity contribution is -0.139. The number of rotatable bonds is 6. The summed E-state index contributed by atoms with van der Waals surface area (Å²) in [5.74, 6) is -1.11. The highest BCUT2D eigenvalue weighted by Crippen LogP contribution is 2.18. The summed E-state index contributed by atoms with van der Waals surface area (Å²) in [7, 11) is 1.87. The monoisotopic (exact) mass is 356 g/mol. The fourth-order valence-electron chi connectivity index (χ4n) is 1.96. The molecule has 6 nitrogen and oxygen atoms in total. The molecule has 134 valence electrons. The molecule has 2 unspecified atom stereocenters. The van der Waals surface area contributed by atoms with Crippen molar-refractivity contribution in [3.05, 3.63) is 29.8 Å². The molecule has 1 aromatic rings. The predicted molar refractivity (Wildman–Crippen MR) is 94.7 cm³/mol. The molecule has 7 heteroatoms. The molecule has 2 N–H and O–H groups in total. The number of nitrogens with one attached hydrogen (secondary N) is 1. The largest absolute Gasteiger partial charge is 0.480 e. The zero-order valence-electron chi connectivity index (χ0n) is 14.7. The van der Waals surface area contributed by atoms with E-state index in [2.05, 4.69) is 5.32 Å². The van der Waals surface area contributed by atoms with Crippen LogP contribution in [0.4, 0.5) is 10.5 Å². The number of amides is 1. The van der Waals surface area contributed by atoms with Gasteiger partial charge in [-0.3, -0.25) is 0 Å². The highest BCUT2D eigenvalue weighted by atomic mass is 35.5. The minimum absolute atomic E-state index is 0.156. The van der Waals surface area contributed by atoms with Crippen LogP contribution in [0.3, 0.4) is 0 Å². The van der Waals surface area contributed by atoms with Gasteiger partial charge in [0.15, 0.2) is 0 Å². The second-order valence-corrected chi connectivity index (χ2v) is 7.22. The molecule has 24 heavy (non-hydrogen) atoms. The van der Waals surface area contributed by atoms with Crippen LogP contribution in [0, 0.1) is 0 Å². The lowest BCUT2D eigenvalue weighted by atomic mass is 10.1. The molecular formula is C17H25ClN2O4. The van der Waals surface area contributed by atoms with Crippen molar-refractivity contribution in [2.45, 2.75) is 51.3 Å². The van der Waals surface area contributed by atoms with Gasteiger partial charge in [0.05, 0.1) is 0 Å². The average Bonchev–Trinajstić information content (AvgIpc) is 2.44. The Labute approximate surface area is 147 Å². The van der Waals surface area contributed by atoms with E-state index in [0.717, 1.165) is 11.3 Å². The van der Waals surface area contributed by atoms with Gasteiger partial charge in [0, 0.05) is 19.2 Å². The van der Waals surface area contributed by atoms with E-state index in [1.807, 2.05) is 43.1 Å². The first-order chi connectivity index (χ1) is 11.0. The van der Waals surface area contributed by atoms with E-state index in [0.29, 0.717) is 0 Å². The zero-order chi connectivity index (χ0) is 18.5. The third kappa shape index (κ3) is 6.66. The number of nitrogens with zero attached hydrogens (tertiary/aromatic N) is 1. The Morgan fingerprint density at radius 3 is 2.25 bits per heavy atom. The van der Waals surface area contributed by atoms with Gasteiger partial charge >= 0.3 is 12.1 Å². The number of carbonyl (C=O) groups excluding carboxylic acids is 1. The summed E-state index contributed by atoms with van der Waals surface area (Å²) in [5.41, 5.74) is 0.875. The number of ether oxygens (including phenoxy) is 1. The van der Waals surface area contributed by atoms with Crippen molar-refractivity contribution >= 4 is 29.4 Å². The van der Waals surface area contributed by atoms with Crippen LogP contribution in [0.25, 0.3) is 0 Å². The molecule has 0 radical (unpaired) electrons. The Morgan fingerprint density at radius 2 is 1.83 bits per heavy atom. The number of halogens is 1. The summed E-state index contributed by atoms with van der Waals surface area (Å²) in [6.07, 6.45) is -0.586. The summed E-state index contributed by atoms with van der Waals surface area (Å²) < 4.78 is 5.10. The van der Waals surface area contributed by atoms with Crippen LogP contribution >= 0.6 is 11.6 Å². The molecule has 0 aliphatic rings. The van der Waals surface area contributed by atoms with Crippen LogP contribution in [0.2, 0.25) is 0 Å². The van der Waals surface area contributed by atoms with Crippen molar-refractivity contribution in [3.63, 3.8) is 0 Å². The fraction of sp³-hybridized carbons (Fsp3) is 0.529. The van der Waals surface area contributed by atoms with E-state index < -0.39 is 23.7 Å². The molecule has 0 heterocycles. The molecule has 0 saturated carbocycles. The molecule has 1 aromatic carbocycles. The van der Waals surface area contributed by atoms with Crippen LogP contribution in [-0.2, 0) is 16.0 Å². The van der Waals surface area contributed by atoms with Crippen molar-refractivity contribution < 1.29 is 19.4 Å². The average molecular weight is 357 g/mol. The first-order valence-electron chi connectivity index (χ1n) is 7.68. The Bertz CT molecular complexity index is 567. The quantitative estimate of drug-likeness (QED) is 0.604. The number of anilines is 1. The van der Waals surface area contributed by atoms with Gasteiger partial charge < -0.3 is 20.1 Å². The minimum atomic E-state index is -1.11. The van der Waals surface area contributed by atoms with Gasteiger partial charge in [-0.1, -0.05) is 23.7 Å². The van der Waals surface area contributed by atoms with Gasteiger partial charge in [0.25, 0.3) is 0 Å². The maximum absolute atomic E-state index is 11.8. The zero-order valence-corrected chi connectivity index (χ0v) is 15.4.